The van der Waals surface area contributed by atoms with Gasteiger partial charge < -0.3 is 10.4 Å². The molecule has 1 saturated heterocycles. The van der Waals surface area contributed by atoms with Gasteiger partial charge in [-0.25, -0.2) is 8.42 Å². The number of carboxylic acid groups (broad SMARTS) is 1. The van der Waals surface area contributed by atoms with Gasteiger partial charge in [0, 0.05) is 18.7 Å². The van der Waals surface area contributed by atoms with Crippen LogP contribution in [0.5, 0.6) is 0 Å². The van der Waals surface area contributed by atoms with Gasteiger partial charge in [0.1, 0.15) is 6.04 Å². The van der Waals surface area contributed by atoms with Crippen molar-refractivity contribution in [2.75, 3.05) is 13.1 Å². The molecular formula is C16H22N2O5S. The number of carboxylic acids is 1. The highest BCUT2D eigenvalue weighted by atomic mass is 32.2. The number of rotatable bonds is 5. The molecule has 1 aliphatic heterocycles. The molecular weight excluding hydrogens is 332 g/mol. The van der Waals surface area contributed by atoms with Gasteiger partial charge in [-0.05, 0) is 44.4 Å². The maximum atomic E-state index is 12.7. The Balaban J connectivity index is 2.31. The van der Waals surface area contributed by atoms with E-state index in [1.54, 1.807) is 13.0 Å². The number of piperidine rings is 1. The first-order valence-corrected chi connectivity index (χ1v) is 9.32. The summed E-state index contributed by atoms with van der Waals surface area (Å²) in [7, 11) is -3.64. The minimum atomic E-state index is -3.64. The first-order valence-electron chi connectivity index (χ1n) is 7.88. The molecule has 1 aromatic carbocycles. The molecule has 1 heterocycles. The molecule has 1 atom stereocenters. The van der Waals surface area contributed by atoms with E-state index in [9.17, 15) is 18.0 Å². The Hall–Kier alpha value is -1.93. The molecule has 1 aromatic rings. The van der Waals surface area contributed by atoms with E-state index in [-0.39, 0.29) is 10.5 Å². The summed E-state index contributed by atoms with van der Waals surface area (Å²) in [5.41, 5.74) is 0.754. The Kier molecular flexibility index (Phi) is 5.61. The van der Waals surface area contributed by atoms with Crippen LogP contribution < -0.4 is 5.32 Å². The molecule has 1 aliphatic rings. The van der Waals surface area contributed by atoms with E-state index in [1.807, 2.05) is 0 Å². The van der Waals surface area contributed by atoms with E-state index in [0.29, 0.717) is 18.7 Å². The lowest BCUT2D eigenvalue weighted by molar-refractivity contribution is -0.138. The number of aryl methyl sites for hydroxylation is 1. The molecule has 0 aromatic heterocycles. The van der Waals surface area contributed by atoms with Crippen LogP contribution in [0.3, 0.4) is 0 Å². The third kappa shape index (κ3) is 3.93. The maximum Gasteiger partial charge on any atom is 0.325 e. The molecule has 8 heteroatoms. The molecule has 2 rings (SSSR count). The molecule has 7 nitrogen and oxygen atoms in total. The standard InChI is InChI=1S/C16H22N2O5S/c1-11-6-7-13(24(22,23)18-8-4-3-5-9-18)10-14(11)15(19)17-12(2)16(20)21/h6-7,10,12H,3-5,8-9H2,1-2H3,(H,17,19)(H,20,21)/t12-/m1/s1. The average Bonchev–Trinajstić information content (AvgIpc) is 2.55. The van der Waals surface area contributed by atoms with E-state index in [0.717, 1.165) is 19.3 Å². The zero-order chi connectivity index (χ0) is 17.9. The second-order valence-electron chi connectivity index (χ2n) is 5.97. The van der Waals surface area contributed by atoms with Crippen molar-refractivity contribution in [3.05, 3.63) is 29.3 Å². The predicted molar refractivity (Wildman–Crippen MR) is 88.4 cm³/mol. The van der Waals surface area contributed by atoms with Crippen LogP contribution in [-0.4, -0.2) is 48.8 Å². The second kappa shape index (κ2) is 7.31. The summed E-state index contributed by atoms with van der Waals surface area (Å²) in [6, 6.07) is 3.32. The summed E-state index contributed by atoms with van der Waals surface area (Å²) in [6.07, 6.45) is 2.67. The normalized spacial score (nSPS) is 17.2. The van der Waals surface area contributed by atoms with Gasteiger partial charge in [0.2, 0.25) is 10.0 Å². The zero-order valence-electron chi connectivity index (χ0n) is 13.8. The van der Waals surface area contributed by atoms with E-state index >= 15 is 0 Å². The van der Waals surface area contributed by atoms with Gasteiger partial charge >= 0.3 is 5.97 Å². The lowest BCUT2D eigenvalue weighted by Gasteiger charge is -2.26. The highest BCUT2D eigenvalue weighted by molar-refractivity contribution is 7.89. The molecule has 1 fully saturated rings. The smallest absolute Gasteiger partial charge is 0.325 e. The van der Waals surface area contributed by atoms with Crippen molar-refractivity contribution in [2.24, 2.45) is 0 Å². The topological polar surface area (TPSA) is 104 Å². The molecule has 0 aliphatic carbocycles. The number of carbonyl (C=O) groups excluding carboxylic acids is 1. The van der Waals surface area contributed by atoms with Crippen LogP contribution in [-0.2, 0) is 14.8 Å². The number of aliphatic carboxylic acids is 1. The molecule has 132 valence electrons. The van der Waals surface area contributed by atoms with Crippen molar-refractivity contribution < 1.29 is 23.1 Å². The zero-order valence-corrected chi connectivity index (χ0v) is 14.6. The number of carbonyl (C=O) groups is 2. The fourth-order valence-electron chi connectivity index (χ4n) is 2.60. The van der Waals surface area contributed by atoms with Crippen LogP contribution >= 0.6 is 0 Å². The molecule has 24 heavy (non-hydrogen) atoms. The van der Waals surface area contributed by atoms with Crippen LogP contribution in [0.1, 0.15) is 42.1 Å². The van der Waals surface area contributed by atoms with Crippen molar-refractivity contribution in [1.82, 2.24) is 9.62 Å². The van der Waals surface area contributed by atoms with E-state index < -0.39 is 27.9 Å². The Morgan fingerprint density at radius 1 is 1.21 bits per heavy atom. The van der Waals surface area contributed by atoms with Crippen LogP contribution in [0.25, 0.3) is 0 Å². The third-order valence-corrected chi connectivity index (χ3v) is 6.02. The highest BCUT2D eigenvalue weighted by Crippen LogP contribution is 2.22. The van der Waals surface area contributed by atoms with Gasteiger partial charge in [-0.15, -0.1) is 0 Å². The maximum absolute atomic E-state index is 12.7. The fourth-order valence-corrected chi connectivity index (χ4v) is 4.14. The minimum absolute atomic E-state index is 0.0585. The number of amides is 1. The summed E-state index contributed by atoms with van der Waals surface area (Å²) in [5.74, 6) is -1.75. The van der Waals surface area contributed by atoms with E-state index in [4.69, 9.17) is 5.11 Å². The number of nitrogens with one attached hydrogen (secondary N) is 1. The largest absolute Gasteiger partial charge is 0.480 e. The number of hydrogen-bond acceptors (Lipinski definition) is 4. The Labute approximate surface area is 141 Å². The molecule has 0 bridgehead atoms. The number of sulfonamides is 1. The molecule has 0 saturated carbocycles. The van der Waals surface area contributed by atoms with E-state index in [2.05, 4.69) is 5.32 Å². The minimum Gasteiger partial charge on any atom is -0.480 e. The lowest BCUT2D eigenvalue weighted by Crippen LogP contribution is -2.39. The van der Waals surface area contributed by atoms with Crippen molar-refractivity contribution >= 4 is 21.9 Å². The Morgan fingerprint density at radius 3 is 2.42 bits per heavy atom. The van der Waals surface area contributed by atoms with Crippen LogP contribution in [0.15, 0.2) is 23.1 Å². The van der Waals surface area contributed by atoms with Crippen molar-refractivity contribution in [2.45, 2.75) is 44.0 Å². The highest BCUT2D eigenvalue weighted by Gasteiger charge is 2.27. The molecule has 1 amide bonds. The van der Waals surface area contributed by atoms with E-state index in [1.165, 1.54) is 23.4 Å². The first kappa shape index (κ1) is 18.4. The van der Waals surface area contributed by atoms with Crippen molar-refractivity contribution in [1.29, 1.82) is 0 Å². The van der Waals surface area contributed by atoms with Crippen molar-refractivity contribution in [3.63, 3.8) is 0 Å². The lowest BCUT2D eigenvalue weighted by atomic mass is 10.1. The van der Waals surface area contributed by atoms with Crippen LogP contribution in [0.2, 0.25) is 0 Å². The Bertz CT molecular complexity index is 739. The molecule has 0 spiro atoms. The summed E-state index contributed by atoms with van der Waals surface area (Å²) in [5, 5.41) is 11.2. The first-order chi connectivity index (χ1) is 11.2. The van der Waals surface area contributed by atoms with Gasteiger partial charge in [-0.3, -0.25) is 9.59 Å². The summed E-state index contributed by atoms with van der Waals surface area (Å²) in [6.45, 7) is 3.99. The van der Waals surface area contributed by atoms with Gasteiger partial charge in [-0.1, -0.05) is 12.5 Å². The number of nitrogens with zero attached hydrogens (tertiary/aromatic N) is 1. The molecule has 0 radical (unpaired) electrons. The number of hydrogen-bond donors (Lipinski definition) is 2. The van der Waals surface area contributed by atoms with Crippen molar-refractivity contribution in [3.8, 4) is 0 Å². The average molecular weight is 354 g/mol. The molecule has 0 unspecified atom stereocenters. The fraction of sp³-hybridized carbons (Fsp3) is 0.500. The second-order valence-corrected chi connectivity index (χ2v) is 7.91. The number of benzene rings is 1. The van der Waals surface area contributed by atoms with Gasteiger partial charge in [0.05, 0.1) is 4.90 Å². The van der Waals surface area contributed by atoms with Gasteiger partial charge in [0.25, 0.3) is 5.91 Å². The predicted octanol–water partition coefficient (Wildman–Crippen LogP) is 1.37. The summed E-state index contributed by atoms with van der Waals surface area (Å²) < 4.78 is 26.8. The van der Waals surface area contributed by atoms with Gasteiger partial charge in [0.15, 0.2) is 0 Å². The quantitative estimate of drug-likeness (QED) is 0.831. The summed E-state index contributed by atoms with van der Waals surface area (Å²) >= 11 is 0. The molecule has 2 N–H and O–H groups in total. The Morgan fingerprint density at radius 2 is 1.83 bits per heavy atom. The third-order valence-electron chi connectivity index (χ3n) is 4.12. The monoisotopic (exact) mass is 354 g/mol. The SMILES string of the molecule is Cc1ccc(S(=O)(=O)N2CCCCC2)cc1C(=O)N[C@H](C)C(=O)O. The van der Waals surface area contributed by atoms with Crippen LogP contribution in [0, 0.1) is 6.92 Å². The van der Waals surface area contributed by atoms with Crippen LogP contribution in [0.4, 0.5) is 0 Å². The summed E-state index contributed by atoms with van der Waals surface area (Å²) in [4.78, 5) is 23.2. The van der Waals surface area contributed by atoms with Gasteiger partial charge in [-0.2, -0.15) is 4.31 Å².